The van der Waals surface area contributed by atoms with Crippen molar-refractivity contribution in [3.8, 4) is 12.3 Å². The summed E-state index contributed by atoms with van der Waals surface area (Å²) in [6.45, 7) is 2.10. The third-order valence-corrected chi connectivity index (χ3v) is 1.79. The van der Waals surface area contributed by atoms with E-state index in [4.69, 9.17) is 11.2 Å². The first-order valence-corrected chi connectivity index (χ1v) is 4.68. The molecule has 0 aromatic heterocycles. The number of hydrogen-bond donors (Lipinski definition) is 0. The van der Waals surface area contributed by atoms with Gasteiger partial charge in [-0.1, -0.05) is 36.3 Å². The summed E-state index contributed by atoms with van der Waals surface area (Å²) in [7, 11) is 0. The molecule has 0 heterocycles. The Morgan fingerprint density at radius 2 is 2.13 bits per heavy atom. The minimum atomic E-state index is -0.408. The molecule has 0 bridgehead atoms. The third-order valence-electron chi connectivity index (χ3n) is 1.79. The average Bonchev–Trinajstić information content (AvgIpc) is 2.27. The second-order valence-corrected chi connectivity index (χ2v) is 2.82. The van der Waals surface area contributed by atoms with Crippen LogP contribution in [0.25, 0.3) is 5.57 Å². The van der Waals surface area contributed by atoms with E-state index in [1.807, 2.05) is 30.3 Å². The second-order valence-electron chi connectivity index (χ2n) is 2.82. The van der Waals surface area contributed by atoms with Crippen LogP contribution in [0.2, 0.25) is 0 Å². The van der Waals surface area contributed by atoms with Gasteiger partial charge in [0.2, 0.25) is 0 Å². The minimum Gasteiger partial charge on any atom is -0.463 e. The molecule has 15 heavy (non-hydrogen) atoms. The number of carbonyl (C=O) groups is 1. The molecule has 1 aromatic carbocycles. The summed E-state index contributed by atoms with van der Waals surface area (Å²) in [5.41, 5.74) is 1.38. The van der Waals surface area contributed by atoms with Crippen LogP contribution in [-0.4, -0.2) is 12.6 Å². The highest BCUT2D eigenvalue weighted by Gasteiger charge is 2.01. The predicted molar refractivity (Wildman–Crippen MR) is 59.9 cm³/mol. The summed E-state index contributed by atoms with van der Waals surface area (Å²) >= 11 is 0. The lowest BCUT2D eigenvalue weighted by Crippen LogP contribution is -2.00. The Labute approximate surface area is 89.6 Å². The number of ether oxygens (including phenoxy) is 1. The molecule has 0 saturated carbocycles. The number of hydrogen-bond acceptors (Lipinski definition) is 2. The third kappa shape index (κ3) is 3.32. The van der Waals surface area contributed by atoms with Crippen molar-refractivity contribution in [1.82, 2.24) is 0 Å². The number of carbonyl (C=O) groups excluding carboxylic acids is 1. The maximum Gasteiger partial charge on any atom is 0.332 e. The van der Waals surface area contributed by atoms with Crippen molar-refractivity contribution >= 4 is 11.5 Å². The highest BCUT2D eigenvalue weighted by molar-refractivity contribution is 5.95. The van der Waals surface area contributed by atoms with E-state index in [1.54, 1.807) is 6.92 Å². The van der Waals surface area contributed by atoms with Gasteiger partial charge >= 0.3 is 5.97 Å². The molecule has 0 unspecified atom stereocenters. The summed E-state index contributed by atoms with van der Waals surface area (Å²) in [5, 5.41) is 0. The zero-order valence-corrected chi connectivity index (χ0v) is 8.57. The van der Waals surface area contributed by atoms with E-state index in [2.05, 4.69) is 5.92 Å². The van der Waals surface area contributed by atoms with Crippen LogP contribution in [0.1, 0.15) is 12.5 Å². The van der Waals surface area contributed by atoms with Crippen molar-refractivity contribution in [2.45, 2.75) is 6.92 Å². The van der Waals surface area contributed by atoms with E-state index in [1.165, 1.54) is 6.08 Å². The standard InChI is InChI=1S/C13H12O2/c1-3-11(10-13(14)15-4-2)12-8-6-5-7-9-12/h1,5-10H,4H2,2H3/b11-10-. The molecule has 0 spiro atoms. The van der Waals surface area contributed by atoms with E-state index in [0.29, 0.717) is 12.2 Å². The van der Waals surface area contributed by atoms with Gasteiger partial charge in [-0.2, -0.15) is 0 Å². The highest BCUT2D eigenvalue weighted by atomic mass is 16.5. The van der Waals surface area contributed by atoms with Crippen LogP contribution >= 0.6 is 0 Å². The average molecular weight is 200 g/mol. The molecule has 2 heteroatoms. The molecule has 0 N–H and O–H groups in total. The number of rotatable bonds is 3. The van der Waals surface area contributed by atoms with Crippen molar-refractivity contribution < 1.29 is 9.53 Å². The van der Waals surface area contributed by atoms with Gasteiger partial charge in [-0.05, 0) is 12.5 Å². The first kappa shape index (κ1) is 11.1. The molecule has 0 radical (unpaired) electrons. The first-order valence-electron chi connectivity index (χ1n) is 4.68. The summed E-state index contributed by atoms with van der Waals surface area (Å²) in [4.78, 5) is 11.2. The molecule has 1 aromatic rings. The van der Waals surface area contributed by atoms with E-state index in [9.17, 15) is 4.79 Å². The van der Waals surface area contributed by atoms with Gasteiger partial charge in [0.15, 0.2) is 0 Å². The summed E-state index contributed by atoms with van der Waals surface area (Å²) in [6, 6.07) is 9.33. The van der Waals surface area contributed by atoms with Crippen LogP contribution in [0.4, 0.5) is 0 Å². The van der Waals surface area contributed by atoms with Gasteiger partial charge in [-0.3, -0.25) is 0 Å². The molecule has 0 aliphatic rings. The lowest BCUT2D eigenvalue weighted by Gasteiger charge is -2.00. The first-order chi connectivity index (χ1) is 7.27. The molecular formula is C13H12O2. The molecular weight excluding hydrogens is 188 g/mol. The van der Waals surface area contributed by atoms with E-state index >= 15 is 0 Å². The topological polar surface area (TPSA) is 26.3 Å². The molecule has 1 rings (SSSR count). The minimum absolute atomic E-state index is 0.349. The maximum absolute atomic E-state index is 11.2. The molecule has 0 amide bonds. The van der Waals surface area contributed by atoms with Gasteiger partial charge in [0.1, 0.15) is 0 Å². The Balaban J connectivity index is 2.91. The molecule has 0 saturated heterocycles. The Bertz CT molecular complexity index is 396. The Hall–Kier alpha value is -2.01. The second kappa shape index (κ2) is 5.66. The fourth-order valence-electron chi connectivity index (χ4n) is 1.13. The smallest absolute Gasteiger partial charge is 0.332 e. The van der Waals surface area contributed by atoms with Crippen molar-refractivity contribution in [2.75, 3.05) is 6.61 Å². The zero-order chi connectivity index (χ0) is 11.1. The van der Waals surface area contributed by atoms with Crippen LogP contribution in [0.5, 0.6) is 0 Å². The van der Waals surface area contributed by atoms with Gasteiger partial charge in [0, 0.05) is 11.6 Å². The van der Waals surface area contributed by atoms with E-state index in [-0.39, 0.29) is 0 Å². The van der Waals surface area contributed by atoms with Gasteiger partial charge in [0.05, 0.1) is 6.61 Å². The largest absolute Gasteiger partial charge is 0.463 e. The van der Waals surface area contributed by atoms with Gasteiger partial charge in [-0.15, -0.1) is 6.42 Å². The van der Waals surface area contributed by atoms with E-state index < -0.39 is 5.97 Å². The van der Waals surface area contributed by atoms with Crippen molar-refractivity contribution in [2.24, 2.45) is 0 Å². The molecule has 0 fully saturated rings. The normalized spacial score (nSPS) is 10.5. The maximum atomic E-state index is 11.2. The summed E-state index contributed by atoms with van der Waals surface area (Å²) in [6.07, 6.45) is 6.66. The van der Waals surface area contributed by atoms with Crippen molar-refractivity contribution in [3.63, 3.8) is 0 Å². The number of esters is 1. The molecule has 0 aliphatic carbocycles. The van der Waals surface area contributed by atoms with Gasteiger partial charge in [0.25, 0.3) is 0 Å². The highest BCUT2D eigenvalue weighted by Crippen LogP contribution is 2.12. The SMILES string of the molecule is C#C/C(=C/C(=O)OCC)c1ccccc1. The number of allylic oxidation sites excluding steroid dienone is 1. The number of terminal acetylenes is 1. The van der Waals surface area contributed by atoms with Gasteiger partial charge < -0.3 is 4.74 Å². The molecule has 0 atom stereocenters. The predicted octanol–water partition coefficient (Wildman–Crippen LogP) is 2.27. The van der Waals surface area contributed by atoms with E-state index in [0.717, 1.165) is 5.56 Å². The monoisotopic (exact) mass is 200 g/mol. The molecule has 2 nitrogen and oxygen atoms in total. The van der Waals surface area contributed by atoms with Crippen LogP contribution in [0.3, 0.4) is 0 Å². The molecule has 76 valence electrons. The van der Waals surface area contributed by atoms with Crippen LogP contribution < -0.4 is 0 Å². The Morgan fingerprint density at radius 3 is 2.67 bits per heavy atom. The summed E-state index contributed by atoms with van der Waals surface area (Å²) < 4.78 is 4.78. The lowest BCUT2D eigenvalue weighted by atomic mass is 10.1. The zero-order valence-electron chi connectivity index (χ0n) is 8.57. The van der Waals surface area contributed by atoms with Crippen molar-refractivity contribution in [1.29, 1.82) is 0 Å². The molecule has 0 aliphatic heterocycles. The van der Waals surface area contributed by atoms with Gasteiger partial charge in [-0.25, -0.2) is 4.79 Å². The van der Waals surface area contributed by atoms with Crippen molar-refractivity contribution in [3.05, 3.63) is 42.0 Å². The Morgan fingerprint density at radius 1 is 1.47 bits per heavy atom. The number of benzene rings is 1. The van der Waals surface area contributed by atoms with Crippen LogP contribution in [0, 0.1) is 12.3 Å². The lowest BCUT2D eigenvalue weighted by molar-refractivity contribution is -0.137. The Kier molecular flexibility index (Phi) is 4.18. The van der Waals surface area contributed by atoms with Crippen LogP contribution in [0.15, 0.2) is 36.4 Å². The quantitative estimate of drug-likeness (QED) is 0.425. The van der Waals surface area contributed by atoms with Crippen LogP contribution in [-0.2, 0) is 9.53 Å². The fourth-order valence-corrected chi connectivity index (χ4v) is 1.13. The summed E-state index contributed by atoms with van der Waals surface area (Å²) in [5.74, 6) is 2.06. The fraction of sp³-hybridized carbons (Fsp3) is 0.154.